The van der Waals surface area contributed by atoms with E-state index in [4.69, 9.17) is 4.84 Å². The minimum atomic E-state index is -4.03. The number of sulfonamides is 1. The number of methoxy groups -OCH3 is 1. The molecular formula is C19H20N2O7S. The number of aliphatic hydroxyl groups is 1. The van der Waals surface area contributed by atoms with Crippen molar-refractivity contribution in [2.24, 2.45) is 0 Å². The van der Waals surface area contributed by atoms with Crippen LogP contribution in [0.25, 0.3) is 0 Å². The molecule has 3 atom stereocenters. The molecule has 2 N–H and O–H groups in total. The highest BCUT2D eigenvalue weighted by Gasteiger charge is 2.48. The predicted molar refractivity (Wildman–Crippen MR) is 102 cm³/mol. The number of aryl methyl sites for hydroxylation is 1. The van der Waals surface area contributed by atoms with Crippen LogP contribution in [0.1, 0.15) is 17.2 Å². The van der Waals surface area contributed by atoms with Crippen molar-refractivity contribution in [3.63, 3.8) is 0 Å². The maximum Gasteiger partial charge on any atom is 0.407 e. The van der Waals surface area contributed by atoms with Gasteiger partial charge in [0.2, 0.25) is 10.0 Å². The fraction of sp³-hybridized carbons (Fsp3) is 0.263. The molecule has 0 spiro atoms. The predicted octanol–water partition coefficient (Wildman–Crippen LogP) is 0.814. The summed E-state index contributed by atoms with van der Waals surface area (Å²) < 4.78 is 32.8. The summed E-state index contributed by atoms with van der Waals surface area (Å²) in [5.74, 6) is -1.07. The molecule has 0 saturated carbocycles. The van der Waals surface area contributed by atoms with Crippen molar-refractivity contribution in [3.05, 3.63) is 70.9 Å². The van der Waals surface area contributed by atoms with Crippen molar-refractivity contribution >= 4 is 21.7 Å². The molecule has 0 saturated heterocycles. The van der Waals surface area contributed by atoms with Crippen LogP contribution in [0.2, 0.25) is 0 Å². The Kier molecular flexibility index (Phi) is 5.87. The van der Waals surface area contributed by atoms with E-state index < -0.39 is 40.0 Å². The molecule has 1 unspecified atom stereocenters. The number of nitrogens with one attached hydrogen (secondary N) is 1. The van der Waals surface area contributed by atoms with Gasteiger partial charge in [0.05, 0.1) is 22.9 Å². The number of carbonyl (C=O) groups excluding carboxylic acids is 1. The number of esters is 1. The summed E-state index contributed by atoms with van der Waals surface area (Å²) in [6.07, 6.45) is -3.09. The second-order valence-electron chi connectivity index (χ2n) is 6.47. The molecule has 2 aromatic rings. The van der Waals surface area contributed by atoms with Crippen molar-refractivity contribution in [3.8, 4) is 0 Å². The highest BCUT2D eigenvalue weighted by Crippen LogP contribution is 2.28. The highest BCUT2D eigenvalue weighted by molar-refractivity contribution is 7.89. The van der Waals surface area contributed by atoms with Crippen LogP contribution in [0.15, 0.2) is 59.5 Å². The van der Waals surface area contributed by atoms with Crippen LogP contribution >= 0.6 is 0 Å². The molecule has 1 aliphatic heterocycles. The van der Waals surface area contributed by atoms with Crippen LogP contribution in [0.5, 0.6) is 0 Å². The quantitative estimate of drug-likeness (QED) is 0.523. The Bertz CT molecular complexity index is 1020. The lowest BCUT2D eigenvalue weighted by atomic mass is 9.96. The Hall–Kier alpha value is -2.95. The highest BCUT2D eigenvalue weighted by atomic mass is 32.2. The number of aliphatic hydroxyl groups excluding tert-OH is 1. The summed E-state index contributed by atoms with van der Waals surface area (Å²) >= 11 is 0. The first-order valence-corrected chi connectivity index (χ1v) is 10.1. The zero-order valence-corrected chi connectivity index (χ0v) is 16.5. The van der Waals surface area contributed by atoms with Crippen molar-refractivity contribution in [1.82, 2.24) is 4.72 Å². The monoisotopic (exact) mass is 420 g/mol. The fourth-order valence-electron chi connectivity index (χ4n) is 2.97. The zero-order chi connectivity index (χ0) is 21.2. The van der Waals surface area contributed by atoms with E-state index in [1.807, 2.05) is 6.92 Å². The molecule has 0 radical (unpaired) electrons. The van der Waals surface area contributed by atoms with E-state index in [1.54, 1.807) is 42.5 Å². The molecule has 10 heteroatoms. The number of hydrogen-bond donors (Lipinski definition) is 2. The summed E-state index contributed by atoms with van der Waals surface area (Å²) in [5, 5.41) is 22.5. The van der Waals surface area contributed by atoms with E-state index >= 15 is 0 Å². The molecule has 0 aromatic heterocycles. The molecule has 0 amide bonds. The molecule has 0 fully saturated rings. The first kappa shape index (κ1) is 20.8. The van der Waals surface area contributed by atoms with Gasteiger partial charge in [-0.2, -0.15) is 0 Å². The number of carbonyl (C=O) groups is 1. The van der Waals surface area contributed by atoms with Gasteiger partial charge in [-0.05, 0) is 24.6 Å². The van der Waals surface area contributed by atoms with Gasteiger partial charge in [0.15, 0.2) is 6.10 Å². The topological polar surface area (TPSA) is 128 Å². The molecule has 1 aliphatic rings. The maximum atomic E-state index is 12.9. The van der Waals surface area contributed by atoms with Crippen LogP contribution in [-0.4, -0.2) is 49.4 Å². The Labute approximate surface area is 167 Å². The minimum absolute atomic E-state index is 0.00710. The lowest BCUT2D eigenvalue weighted by Gasteiger charge is -2.27. The summed E-state index contributed by atoms with van der Waals surface area (Å²) in [4.78, 5) is 16.8. The summed E-state index contributed by atoms with van der Waals surface area (Å²) in [6, 6.07) is 13.3. The molecule has 3 rings (SSSR count). The number of benzene rings is 2. The Balaban J connectivity index is 1.97. The van der Waals surface area contributed by atoms with Crippen LogP contribution in [-0.2, 0) is 24.4 Å². The molecule has 154 valence electrons. The van der Waals surface area contributed by atoms with E-state index in [9.17, 15) is 23.5 Å². The lowest BCUT2D eigenvalue weighted by molar-refractivity contribution is -0.741. The van der Waals surface area contributed by atoms with E-state index in [0.29, 0.717) is 5.56 Å². The van der Waals surface area contributed by atoms with Crippen molar-refractivity contribution < 1.29 is 32.8 Å². The van der Waals surface area contributed by atoms with E-state index in [2.05, 4.69) is 9.46 Å². The molecule has 0 bridgehead atoms. The molecular weight excluding hydrogens is 400 g/mol. The van der Waals surface area contributed by atoms with Gasteiger partial charge < -0.3 is 14.7 Å². The Morgan fingerprint density at radius 3 is 2.41 bits per heavy atom. The van der Waals surface area contributed by atoms with Gasteiger partial charge in [0.25, 0.3) is 0 Å². The first-order chi connectivity index (χ1) is 13.7. The summed E-state index contributed by atoms with van der Waals surface area (Å²) in [7, 11) is -2.98. The van der Waals surface area contributed by atoms with Gasteiger partial charge >= 0.3 is 11.7 Å². The van der Waals surface area contributed by atoms with Crippen LogP contribution in [0.3, 0.4) is 0 Å². The third-order valence-electron chi connectivity index (χ3n) is 4.50. The van der Waals surface area contributed by atoms with Crippen LogP contribution < -0.4 is 4.72 Å². The van der Waals surface area contributed by atoms with Crippen molar-refractivity contribution in [2.45, 2.75) is 30.1 Å². The average Bonchev–Trinajstić information content (AvgIpc) is 3.00. The third kappa shape index (κ3) is 4.24. The lowest BCUT2D eigenvalue weighted by Crippen LogP contribution is -2.44. The fourth-order valence-corrected chi connectivity index (χ4v) is 4.20. The van der Waals surface area contributed by atoms with Crippen LogP contribution in [0.4, 0.5) is 0 Å². The number of hydrogen-bond acceptors (Lipinski definition) is 7. The zero-order valence-electron chi connectivity index (χ0n) is 15.7. The average molecular weight is 420 g/mol. The Morgan fingerprint density at radius 1 is 1.21 bits per heavy atom. The van der Waals surface area contributed by atoms with E-state index in [1.165, 1.54) is 12.1 Å². The minimum Gasteiger partial charge on any atom is -0.461 e. The molecule has 29 heavy (non-hydrogen) atoms. The van der Waals surface area contributed by atoms with Gasteiger partial charge in [-0.3, -0.25) is 5.21 Å². The van der Waals surface area contributed by atoms with Crippen molar-refractivity contribution in [2.75, 3.05) is 7.11 Å². The second-order valence-corrected chi connectivity index (χ2v) is 8.19. The van der Waals surface area contributed by atoms with E-state index in [-0.39, 0.29) is 9.80 Å². The van der Waals surface area contributed by atoms with Crippen molar-refractivity contribution in [1.29, 1.82) is 0 Å². The van der Waals surface area contributed by atoms with Gasteiger partial charge in [-0.15, -0.1) is 0 Å². The molecule has 2 aromatic carbocycles. The molecule has 0 aliphatic carbocycles. The normalized spacial score (nSPS) is 20.2. The largest absolute Gasteiger partial charge is 0.461 e. The third-order valence-corrected chi connectivity index (χ3v) is 5.96. The summed E-state index contributed by atoms with van der Waals surface area (Å²) in [6.45, 7) is 1.83. The number of rotatable bonds is 6. The van der Waals surface area contributed by atoms with Gasteiger partial charge in [0, 0.05) is 0 Å². The van der Waals surface area contributed by atoms with Gasteiger partial charge in [0.1, 0.15) is 6.10 Å². The first-order valence-electron chi connectivity index (χ1n) is 8.66. The molecule has 1 heterocycles. The second kappa shape index (κ2) is 8.19. The SMILES string of the molecule is COC(=O)C1=[N+]([O-])O[C@H]([C@@H](NS(=O)(=O)c2ccc(C)cc2)c2ccccc2)C1O. The number of ether oxygens (including phenoxy) is 1. The van der Waals surface area contributed by atoms with Gasteiger partial charge in [-0.1, -0.05) is 48.0 Å². The smallest absolute Gasteiger partial charge is 0.407 e. The number of nitrogens with zero attached hydrogens (tertiary/aromatic N) is 1. The molecule has 9 nitrogen and oxygen atoms in total. The maximum absolute atomic E-state index is 12.9. The van der Waals surface area contributed by atoms with Crippen LogP contribution in [0, 0.1) is 12.1 Å². The Morgan fingerprint density at radius 2 is 1.83 bits per heavy atom. The van der Waals surface area contributed by atoms with E-state index in [0.717, 1.165) is 12.7 Å². The standard InChI is InChI=1S/C19H20N2O7S/c1-12-8-10-14(11-9-12)29(25,26)20-15(13-6-4-3-5-7-13)18-17(22)16(19(23)27-2)21(24)28-18/h3-11,15,17-18,20,22H,1-2H3/t15-,17?,18+/m0/s1. The van der Waals surface area contributed by atoms with Gasteiger partial charge in [-0.25, -0.2) is 17.9 Å². The summed E-state index contributed by atoms with van der Waals surface area (Å²) in [5.41, 5.74) is 0.664.